The van der Waals surface area contributed by atoms with Crippen LogP contribution in [0.1, 0.15) is 74.2 Å². The molecule has 3 aromatic heterocycles. The van der Waals surface area contributed by atoms with Crippen LogP contribution in [0.25, 0.3) is 90.9 Å². The molecule has 0 amide bonds. The molecule has 5 heterocycles. The summed E-state index contributed by atoms with van der Waals surface area (Å²) in [6, 6.07) is 43.7. The maximum atomic E-state index is 5.60. The van der Waals surface area contributed by atoms with Gasteiger partial charge in [0.05, 0.1) is 22.8 Å². The number of rotatable bonds is 7. The lowest BCUT2D eigenvalue weighted by Crippen LogP contribution is -1.95. The zero-order valence-electron chi connectivity index (χ0n) is 38.7. The van der Waals surface area contributed by atoms with Gasteiger partial charge in [-0.3, -0.25) is 0 Å². The van der Waals surface area contributed by atoms with Crippen molar-refractivity contribution in [2.24, 2.45) is 0 Å². The van der Waals surface area contributed by atoms with Crippen LogP contribution in [-0.4, -0.2) is 25.7 Å². The van der Waals surface area contributed by atoms with Gasteiger partial charge in [0.1, 0.15) is 0 Å². The highest BCUT2D eigenvalue weighted by Crippen LogP contribution is 2.41. The van der Waals surface area contributed by atoms with Crippen LogP contribution in [-0.2, 0) is 0 Å². The van der Waals surface area contributed by atoms with Gasteiger partial charge in [-0.25, -0.2) is 9.97 Å². The predicted octanol–water partition coefficient (Wildman–Crippen LogP) is 16.9. The lowest BCUT2D eigenvalue weighted by atomic mass is 9.92. The maximum Gasteiger partial charge on any atom is 0.0737 e. The first-order valence-corrected chi connectivity index (χ1v) is 26.0. The van der Waals surface area contributed by atoms with Gasteiger partial charge in [-0.2, -0.15) is 0 Å². The third-order valence-electron chi connectivity index (χ3n) is 12.4. The number of nitrogens with zero attached hydrogens (tertiary/aromatic N) is 2. The summed E-state index contributed by atoms with van der Waals surface area (Å²) in [5.74, 6) is 7.90. The van der Waals surface area contributed by atoms with Gasteiger partial charge in [0.15, 0.2) is 0 Å². The maximum absolute atomic E-state index is 5.60. The number of H-pyrrole nitrogens is 2. The molecule has 0 saturated heterocycles. The van der Waals surface area contributed by atoms with Crippen molar-refractivity contribution < 1.29 is 0 Å². The van der Waals surface area contributed by atoms with Gasteiger partial charge in [-0.05, 0) is 200 Å². The number of fused-ring (bicyclic) bond motifs is 8. The van der Waals surface area contributed by atoms with Crippen molar-refractivity contribution in [2.45, 2.75) is 53.4 Å². The number of hydrogen-bond donors (Lipinski definition) is 2. The minimum absolute atomic E-state index is 0.879. The Morgan fingerprint density at radius 1 is 0.463 bits per heavy atom. The highest BCUT2D eigenvalue weighted by Gasteiger charge is 2.21. The van der Waals surface area contributed by atoms with Crippen LogP contribution in [0, 0.1) is 57.0 Å². The minimum atomic E-state index is 0.879. The van der Waals surface area contributed by atoms with E-state index in [4.69, 9.17) is 9.97 Å². The van der Waals surface area contributed by atoms with Crippen LogP contribution in [0.3, 0.4) is 0 Å². The fourth-order valence-corrected chi connectivity index (χ4v) is 11.7. The molecular weight excluding hydrogens is 968 g/mol. The van der Waals surface area contributed by atoms with Gasteiger partial charge in [0, 0.05) is 69.7 Å². The normalized spacial score (nSPS) is 11.8. The first-order valence-electron chi connectivity index (χ1n) is 22.6. The fraction of sp³-hybridized carbons (Fsp3) is 0.133. The van der Waals surface area contributed by atoms with E-state index < -0.39 is 0 Å². The quantitative estimate of drug-likeness (QED) is 0.0949. The molecule has 0 aliphatic carbocycles. The van der Waals surface area contributed by atoms with Crippen molar-refractivity contribution in [1.29, 1.82) is 0 Å². The van der Waals surface area contributed by atoms with E-state index in [-0.39, 0.29) is 0 Å². The average Bonchev–Trinajstić information content (AvgIpc) is 4.16. The molecule has 10 rings (SSSR count). The number of halogens is 1. The molecule has 0 unspecified atom stereocenters. The molecule has 8 aromatic rings. The second kappa shape index (κ2) is 18.8. The summed E-state index contributed by atoms with van der Waals surface area (Å²) in [6.45, 7) is 15.4. The molecule has 4 nitrogen and oxygen atoms in total. The first-order chi connectivity index (χ1) is 32.5. The number of aryl methyl sites for hydroxylation is 6. The Morgan fingerprint density at radius 3 is 1.34 bits per heavy atom. The zero-order valence-corrected chi connectivity index (χ0v) is 42.4. The smallest absolute Gasteiger partial charge is 0.0737 e. The second-order valence-corrected chi connectivity index (χ2v) is 21.3. The van der Waals surface area contributed by atoms with Gasteiger partial charge < -0.3 is 9.97 Å². The van der Waals surface area contributed by atoms with E-state index in [0.29, 0.717) is 0 Å². The van der Waals surface area contributed by atoms with Crippen LogP contribution in [0.15, 0.2) is 126 Å². The van der Waals surface area contributed by atoms with E-state index in [1.165, 1.54) is 53.0 Å². The summed E-state index contributed by atoms with van der Waals surface area (Å²) in [6.07, 6.45) is 8.72. The SMILES string of the molecule is CCSSc1cccc(C#Cc2ccc(-c3c4nc(c(-c5c(C)cc(C)cc5C)c5ccc([nH]5)c(-c5ccc(I)cc5)c5nc(c(-c6c(C)cc(C)cc6C)c6ccc3[nH]6)C=C5)C=C4)cc2)c1. The number of aromatic nitrogens is 4. The van der Waals surface area contributed by atoms with E-state index in [9.17, 15) is 0 Å². The Hall–Kier alpha value is -6.31. The van der Waals surface area contributed by atoms with Crippen LogP contribution >= 0.6 is 44.2 Å². The van der Waals surface area contributed by atoms with E-state index in [1.54, 1.807) is 10.8 Å². The van der Waals surface area contributed by atoms with Crippen molar-refractivity contribution in [3.05, 3.63) is 192 Å². The molecule has 328 valence electrons. The first kappa shape index (κ1) is 44.5. The third kappa shape index (κ3) is 8.99. The molecule has 0 atom stereocenters. The highest BCUT2D eigenvalue weighted by molar-refractivity contribution is 14.1. The van der Waals surface area contributed by atoms with Gasteiger partial charge in [-0.15, -0.1) is 0 Å². The lowest BCUT2D eigenvalue weighted by Gasteiger charge is -2.13. The predicted molar refractivity (Wildman–Crippen MR) is 298 cm³/mol. The highest BCUT2D eigenvalue weighted by atomic mass is 127. The Labute approximate surface area is 415 Å². The van der Waals surface area contributed by atoms with Gasteiger partial charge >= 0.3 is 0 Å². The third-order valence-corrected chi connectivity index (χ3v) is 15.5. The summed E-state index contributed by atoms with van der Waals surface area (Å²) in [5.41, 5.74) is 25.4. The molecule has 67 heavy (non-hydrogen) atoms. The summed E-state index contributed by atoms with van der Waals surface area (Å²) in [4.78, 5) is 20.3. The van der Waals surface area contributed by atoms with Crippen LogP contribution in [0.5, 0.6) is 0 Å². The Morgan fingerprint density at radius 2 is 0.881 bits per heavy atom. The van der Waals surface area contributed by atoms with Gasteiger partial charge in [0.2, 0.25) is 0 Å². The molecule has 0 radical (unpaired) electrons. The molecular formula is C60H49IN4S2. The average molecular weight is 1020 g/mol. The van der Waals surface area contributed by atoms with E-state index in [1.807, 2.05) is 10.8 Å². The molecule has 8 bridgehead atoms. The summed E-state index contributed by atoms with van der Waals surface area (Å²) < 4.78 is 1.18. The molecule has 2 aliphatic heterocycles. The molecule has 0 spiro atoms. The Kier molecular flexibility index (Phi) is 12.5. The van der Waals surface area contributed by atoms with Crippen molar-refractivity contribution in [3.8, 4) is 56.3 Å². The number of aromatic amines is 2. The summed E-state index contributed by atoms with van der Waals surface area (Å²) >= 11 is 2.38. The van der Waals surface area contributed by atoms with E-state index in [0.717, 1.165) is 95.1 Å². The molecule has 2 aliphatic rings. The van der Waals surface area contributed by atoms with Crippen molar-refractivity contribution in [2.75, 3.05) is 5.75 Å². The second-order valence-electron chi connectivity index (χ2n) is 17.4. The Balaban J connectivity index is 1.28. The van der Waals surface area contributed by atoms with Gasteiger partial charge in [0.25, 0.3) is 0 Å². The minimum Gasteiger partial charge on any atom is -0.354 e. The molecule has 2 N–H and O–H groups in total. The van der Waals surface area contributed by atoms with E-state index in [2.05, 4.69) is 238 Å². The molecule has 7 heteroatoms. The lowest BCUT2D eigenvalue weighted by molar-refractivity contribution is 1.28. The summed E-state index contributed by atoms with van der Waals surface area (Å²) in [5, 5.41) is 0. The van der Waals surface area contributed by atoms with Crippen LogP contribution in [0.4, 0.5) is 0 Å². The van der Waals surface area contributed by atoms with E-state index >= 15 is 0 Å². The molecule has 0 saturated carbocycles. The van der Waals surface area contributed by atoms with Crippen LogP contribution < -0.4 is 0 Å². The largest absolute Gasteiger partial charge is 0.354 e. The fourth-order valence-electron chi connectivity index (χ4n) is 9.72. The van der Waals surface area contributed by atoms with Crippen molar-refractivity contribution in [1.82, 2.24) is 19.9 Å². The van der Waals surface area contributed by atoms with Crippen LogP contribution in [0.2, 0.25) is 0 Å². The number of benzene rings is 5. The molecule has 0 fully saturated rings. The summed E-state index contributed by atoms with van der Waals surface area (Å²) in [7, 11) is 3.64. The standard InChI is InChI=1S/C60H49IN4S2/c1-8-66-67-46-11-9-10-42(34-46)13-12-41-14-16-43(17-15-41)57-47-22-26-51(62-47)59(55-37(4)30-35(2)31-38(55)5)53-28-24-49(64-53)58(44-18-20-45(61)21-19-44)50-25-29-54(65-50)60(52-27-23-48(57)63-52)56-39(6)32-36(3)33-40(56)7/h9-11,14-34,62,65H,8H2,1-7H3. The molecule has 5 aromatic carbocycles. The monoisotopic (exact) mass is 1020 g/mol. The van der Waals surface area contributed by atoms with Crippen molar-refractivity contribution in [3.63, 3.8) is 0 Å². The number of nitrogens with one attached hydrogen (secondary N) is 2. The number of hydrogen-bond acceptors (Lipinski definition) is 4. The zero-order chi connectivity index (χ0) is 46.3. The Bertz CT molecular complexity index is 3480. The topological polar surface area (TPSA) is 57.4 Å². The van der Waals surface area contributed by atoms with Gasteiger partial charge in [-0.1, -0.05) is 106 Å². The van der Waals surface area contributed by atoms with Crippen molar-refractivity contribution >= 4 is 90.5 Å².